The first-order valence-corrected chi connectivity index (χ1v) is 17.2. The summed E-state index contributed by atoms with van der Waals surface area (Å²) in [6.07, 6.45) is 3.47. The van der Waals surface area contributed by atoms with Crippen LogP contribution in [-0.4, -0.2) is 93.9 Å². The minimum absolute atomic E-state index is 0.429. The molecular formula is C30H38N8O3S2. The highest BCUT2D eigenvalue weighted by atomic mass is 32.2. The second-order valence-corrected chi connectivity index (χ2v) is 13.8. The van der Waals surface area contributed by atoms with Crippen molar-refractivity contribution in [3.63, 3.8) is 0 Å². The standard InChI is InChI=1S/C30H38N8O3S2/c1-36-14-16-38(17-15-36)23-9-12-37(13-10-23)24-7-8-25(27(20-24)41-2)32-30-33-26-11-18-42-28(26)29(34-30)31-21-5-4-6-22(19-21)35-43(3,39)40/h4-8,11,18-20,23,35H,9-10,12-17H2,1-3H3,(H2,31,32,33,34). The molecule has 0 saturated carbocycles. The van der Waals surface area contributed by atoms with E-state index in [4.69, 9.17) is 14.7 Å². The molecule has 2 fully saturated rings. The van der Waals surface area contributed by atoms with E-state index in [9.17, 15) is 8.42 Å². The monoisotopic (exact) mass is 622 g/mol. The van der Waals surface area contributed by atoms with Gasteiger partial charge < -0.3 is 25.2 Å². The third kappa shape index (κ3) is 7.12. The van der Waals surface area contributed by atoms with Crippen LogP contribution in [0.4, 0.5) is 34.5 Å². The van der Waals surface area contributed by atoms with Crippen LogP contribution in [0.25, 0.3) is 10.2 Å². The van der Waals surface area contributed by atoms with E-state index < -0.39 is 10.0 Å². The van der Waals surface area contributed by atoms with Gasteiger partial charge in [-0.15, -0.1) is 11.3 Å². The van der Waals surface area contributed by atoms with E-state index in [2.05, 4.69) is 49.2 Å². The number of anilines is 6. The Morgan fingerprint density at radius 1 is 0.930 bits per heavy atom. The molecule has 2 aromatic heterocycles. The zero-order chi connectivity index (χ0) is 30.0. The quantitative estimate of drug-likeness (QED) is 0.241. The predicted octanol–water partition coefficient (Wildman–Crippen LogP) is 4.77. The SMILES string of the molecule is COc1cc(N2CCC(N3CCN(C)CC3)CC2)ccc1Nc1nc(Nc2cccc(NS(C)(=O)=O)c2)c2sccc2n1. The summed E-state index contributed by atoms with van der Waals surface area (Å²) in [6, 6.07) is 15.9. The maximum atomic E-state index is 11.7. The molecule has 228 valence electrons. The molecule has 0 radical (unpaired) electrons. The zero-order valence-electron chi connectivity index (χ0n) is 24.7. The van der Waals surface area contributed by atoms with Gasteiger partial charge >= 0.3 is 0 Å². The number of rotatable bonds is 9. The first kappa shape index (κ1) is 29.4. The molecule has 43 heavy (non-hydrogen) atoms. The number of likely N-dealkylation sites (N-methyl/N-ethyl adjacent to an activating group) is 1. The van der Waals surface area contributed by atoms with Gasteiger partial charge in [-0.1, -0.05) is 6.07 Å². The van der Waals surface area contributed by atoms with Crippen LogP contribution in [0.15, 0.2) is 53.9 Å². The van der Waals surface area contributed by atoms with E-state index in [1.54, 1.807) is 25.3 Å². The summed E-state index contributed by atoms with van der Waals surface area (Å²) in [7, 11) is 0.494. The largest absolute Gasteiger partial charge is 0.494 e. The number of piperazine rings is 1. The fraction of sp³-hybridized carbons (Fsp3) is 0.400. The molecule has 2 aliphatic rings. The number of aromatic nitrogens is 2. The molecule has 0 amide bonds. The van der Waals surface area contributed by atoms with Crippen molar-refractivity contribution < 1.29 is 13.2 Å². The van der Waals surface area contributed by atoms with Crippen LogP contribution >= 0.6 is 11.3 Å². The van der Waals surface area contributed by atoms with Gasteiger partial charge in [0.05, 0.1) is 35.0 Å². The van der Waals surface area contributed by atoms with Crippen LogP contribution in [0.1, 0.15) is 12.8 Å². The molecule has 2 aromatic carbocycles. The normalized spacial score (nSPS) is 17.2. The second kappa shape index (κ2) is 12.5. The summed E-state index contributed by atoms with van der Waals surface area (Å²) in [6.45, 7) is 6.70. The summed E-state index contributed by atoms with van der Waals surface area (Å²) in [5, 5.41) is 8.66. The summed E-state index contributed by atoms with van der Waals surface area (Å²) in [4.78, 5) is 17.0. The lowest BCUT2D eigenvalue weighted by Gasteiger charge is -2.42. The average Bonchev–Trinajstić information content (AvgIpc) is 3.46. The van der Waals surface area contributed by atoms with Gasteiger partial charge in [-0.05, 0) is 61.7 Å². The van der Waals surface area contributed by atoms with Crippen LogP contribution < -0.4 is 25.0 Å². The molecule has 0 spiro atoms. The lowest BCUT2D eigenvalue weighted by Crippen LogP contribution is -2.52. The van der Waals surface area contributed by atoms with Crippen LogP contribution in [0, 0.1) is 0 Å². The van der Waals surface area contributed by atoms with E-state index in [0.29, 0.717) is 29.2 Å². The van der Waals surface area contributed by atoms with Gasteiger partial charge in [0.1, 0.15) is 5.75 Å². The lowest BCUT2D eigenvalue weighted by atomic mass is 10.0. The number of thiophene rings is 1. The molecule has 0 bridgehead atoms. The van der Waals surface area contributed by atoms with Crippen molar-refractivity contribution in [2.75, 3.05) is 79.9 Å². The highest BCUT2D eigenvalue weighted by Gasteiger charge is 2.27. The van der Waals surface area contributed by atoms with Crippen molar-refractivity contribution in [3.8, 4) is 5.75 Å². The third-order valence-electron chi connectivity index (χ3n) is 8.05. The Hall–Kier alpha value is -3.65. The Morgan fingerprint density at radius 2 is 1.70 bits per heavy atom. The van der Waals surface area contributed by atoms with Crippen molar-refractivity contribution in [3.05, 3.63) is 53.9 Å². The van der Waals surface area contributed by atoms with Crippen LogP contribution in [0.5, 0.6) is 5.75 Å². The molecule has 13 heteroatoms. The van der Waals surface area contributed by atoms with E-state index in [0.717, 1.165) is 59.8 Å². The van der Waals surface area contributed by atoms with Gasteiger partial charge in [0.2, 0.25) is 16.0 Å². The second-order valence-electron chi connectivity index (χ2n) is 11.2. The molecule has 2 saturated heterocycles. The number of nitrogens with zero attached hydrogens (tertiary/aromatic N) is 5. The molecule has 11 nitrogen and oxygen atoms in total. The minimum atomic E-state index is -3.39. The number of methoxy groups -OCH3 is 1. The molecular weight excluding hydrogens is 585 g/mol. The molecule has 0 aliphatic carbocycles. The topological polar surface area (TPSA) is 115 Å². The Labute approximate surface area is 256 Å². The van der Waals surface area contributed by atoms with Gasteiger partial charge in [0.15, 0.2) is 5.82 Å². The van der Waals surface area contributed by atoms with Crippen molar-refractivity contribution in [2.45, 2.75) is 18.9 Å². The average molecular weight is 623 g/mol. The number of ether oxygens (including phenoxy) is 1. The van der Waals surface area contributed by atoms with Crippen LogP contribution in [0.2, 0.25) is 0 Å². The summed E-state index contributed by atoms with van der Waals surface area (Å²) < 4.78 is 32.6. The van der Waals surface area contributed by atoms with E-state index in [-0.39, 0.29) is 0 Å². The molecule has 0 atom stereocenters. The first-order valence-electron chi connectivity index (χ1n) is 14.5. The first-order chi connectivity index (χ1) is 20.7. The summed E-state index contributed by atoms with van der Waals surface area (Å²) in [5.41, 5.74) is 3.90. The fourth-order valence-electron chi connectivity index (χ4n) is 5.79. The Kier molecular flexibility index (Phi) is 8.57. The van der Waals surface area contributed by atoms with E-state index in [1.165, 1.54) is 37.3 Å². The van der Waals surface area contributed by atoms with E-state index >= 15 is 0 Å². The Balaban J connectivity index is 1.17. The number of hydrogen-bond acceptors (Lipinski definition) is 11. The molecule has 6 rings (SSSR count). The molecule has 4 aromatic rings. The van der Waals surface area contributed by atoms with Crippen molar-refractivity contribution in [1.82, 2.24) is 19.8 Å². The van der Waals surface area contributed by atoms with Gasteiger partial charge in [-0.2, -0.15) is 4.98 Å². The van der Waals surface area contributed by atoms with Crippen LogP contribution in [0.3, 0.4) is 0 Å². The minimum Gasteiger partial charge on any atom is -0.494 e. The number of piperidine rings is 1. The number of sulfonamides is 1. The lowest BCUT2D eigenvalue weighted by molar-refractivity contribution is 0.0982. The number of hydrogen-bond donors (Lipinski definition) is 3. The number of benzene rings is 2. The van der Waals surface area contributed by atoms with E-state index in [1.807, 2.05) is 23.6 Å². The van der Waals surface area contributed by atoms with Crippen molar-refractivity contribution in [2.24, 2.45) is 0 Å². The summed E-state index contributed by atoms with van der Waals surface area (Å²) >= 11 is 1.53. The molecule has 3 N–H and O–H groups in total. The van der Waals surface area contributed by atoms with Gasteiger partial charge in [0.25, 0.3) is 0 Å². The Morgan fingerprint density at radius 3 is 2.44 bits per heavy atom. The van der Waals surface area contributed by atoms with Crippen molar-refractivity contribution in [1.29, 1.82) is 0 Å². The molecule has 0 unspecified atom stereocenters. The zero-order valence-corrected chi connectivity index (χ0v) is 26.3. The number of nitrogens with one attached hydrogen (secondary N) is 3. The van der Waals surface area contributed by atoms with Gasteiger partial charge in [-0.3, -0.25) is 9.62 Å². The number of fused-ring (bicyclic) bond motifs is 1. The molecule has 4 heterocycles. The highest BCUT2D eigenvalue weighted by molar-refractivity contribution is 7.92. The third-order valence-corrected chi connectivity index (χ3v) is 9.56. The maximum absolute atomic E-state index is 11.7. The molecule has 2 aliphatic heterocycles. The maximum Gasteiger partial charge on any atom is 0.229 e. The van der Waals surface area contributed by atoms with Gasteiger partial charge in [0, 0.05) is 62.8 Å². The summed E-state index contributed by atoms with van der Waals surface area (Å²) in [5.74, 6) is 1.78. The fourth-order valence-corrected chi connectivity index (χ4v) is 7.12. The van der Waals surface area contributed by atoms with Gasteiger partial charge in [-0.25, -0.2) is 13.4 Å². The Bertz CT molecular complexity index is 1680. The smallest absolute Gasteiger partial charge is 0.229 e. The van der Waals surface area contributed by atoms with Crippen molar-refractivity contribution >= 4 is 66.1 Å². The predicted molar refractivity (Wildman–Crippen MR) is 176 cm³/mol. The van der Waals surface area contributed by atoms with Crippen LogP contribution in [-0.2, 0) is 10.0 Å². The highest BCUT2D eigenvalue weighted by Crippen LogP contribution is 2.35.